The Hall–Kier alpha value is -7.95. The first kappa shape index (κ1) is 48.1. The van der Waals surface area contributed by atoms with Crippen LogP contribution in [0, 0.1) is 23.2 Å². The van der Waals surface area contributed by atoms with Crippen molar-refractivity contribution >= 4 is 34.9 Å². The molecule has 6 heterocycles. The molecule has 4 N–H and O–H groups in total. The number of ether oxygens (including phenoxy) is 4. The van der Waals surface area contributed by atoms with Crippen LogP contribution in [0.4, 0.5) is 18.4 Å². The van der Waals surface area contributed by atoms with Crippen LogP contribution >= 0.6 is 0 Å². The van der Waals surface area contributed by atoms with Crippen molar-refractivity contribution in [2.24, 2.45) is 11.8 Å². The number of imidazole rings is 2. The summed E-state index contributed by atoms with van der Waals surface area (Å²) in [4.78, 5) is 70.6. The van der Waals surface area contributed by atoms with E-state index in [1.165, 1.54) is 31.1 Å². The summed E-state index contributed by atoms with van der Waals surface area (Å²) in [6.07, 6.45) is -1.52. The van der Waals surface area contributed by atoms with Crippen molar-refractivity contribution < 1.29 is 46.9 Å². The van der Waals surface area contributed by atoms with Crippen LogP contribution in [-0.2, 0) is 19.1 Å². The molecular formula is C51H54F2N10O8. The van der Waals surface area contributed by atoms with Crippen molar-refractivity contribution in [3.05, 3.63) is 95.8 Å². The van der Waals surface area contributed by atoms with E-state index in [4.69, 9.17) is 18.9 Å². The highest BCUT2D eigenvalue weighted by Crippen LogP contribution is 2.47. The summed E-state index contributed by atoms with van der Waals surface area (Å²) >= 11 is 0. The molecule has 71 heavy (non-hydrogen) atoms. The second kappa shape index (κ2) is 19.4. The molecule has 3 aliphatic heterocycles. The minimum absolute atomic E-state index is 0.0211. The van der Waals surface area contributed by atoms with E-state index in [1.807, 2.05) is 42.5 Å². The number of likely N-dealkylation sites (tertiary alicyclic amines) is 2. The van der Waals surface area contributed by atoms with E-state index in [1.54, 1.807) is 52.2 Å². The molecule has 9 rings (SSSR count). The minimum atomic E-state index is -1.30. The molecule has 20 heteroatoms. The molecule has 0 spiro atoms. The van der Waals surface area contributed by atoms with Gasteiger partial charge in [0, 0.05) is 40.5 Å². The highest BCUT2D eigenvalue weighted by molar-refractivity contribution is 5.93. The lowest BCUT2D eigenvalue weighted by Gasteiger charge is -2.31. The molecule has 0 aliphatic carbocycles. The monoisotopic (exact) mass is 972 g/mol. The number of amides is 4. The molecule has 0 saturated carbocycles. The van der Waals surface area contributed by atoms with Gasteiger partial charge in [0.05, 0.1) is 87.1 Å². The molecule has 6 aromatic rings. The third-order valence-corrected chi connectivity index (χ3v) is 13.5. The molecule has 0 bridgehead atoms. The first-order valence-corrected chi connectivity index (χ1v) is 23.3. The topological polar surface area (TPSA) is 222 Å². The number of halogens is 2. The van der Waals surface area contributed by atoms with E-state index in [-0.39, 0.29) is 37.8 Å². The first-order chi connectivity index (χ1) is 34.1. The van der Waals surface area contributed by atoms with Gasteiger partial charge in [0.15, 0.2) is 0 Å². The molecular weight excluding hydrogens is 919 g/mol. The van der Waals surface area contributed by atoms with Crippen molar-refractivity contribution in [1.29, 1.82) is 5.26 Å². The van der Waals surface area contributed by atoms with Gasteiger partial charge in [0.25, 0.3) is 0 Å². The number of nitrogens with one attached hydrogen (secondary N) is 4. The molecule has 2 fully saturated rings. The zero-order chi connectivity index (χ0) is 50.4. The number of H-pyrrole nitrogens is 2. The Bertz CT molecular complexity index is 3070. The van der Waals surface area contributed by atoms with Crippen molar-refractivity contribution in [2.75, 3.05) is 34.4 Å². The van der Waals surface area contributed by atoms with Gasteiger partial charge in [-0.05, 0) is 60.4 Å². The summed E-state index contributed by atoms with van der Waals surface area (Å²) in [6, 6.07) is 17.9. The molecule has 0 radical (unpaired) electrons. The Morgan fingerprint density at radius 3 is 1.83 bits per heavy atom. The smallest absolute Gasteiger partial charge is 0.407 e. The average molecular weight is 973 g/mol. The van der Waals surface area contributed by atoms with Crippen molar-refractivity contribution in [1.82, 2.24) is 44.9 Å². The molecule has 3 aromatic heterocycles. The van der Waals surface area contributed by atoms with Gasteiger partial charge in [-0.25, -0.2) is 28.3 Å². The fraction of sp³-hybridized carbons (Fsp3) is 0.392. The Kier molecular flexibility index (Phi) is 13.2. The highest BCUT2D eigenvalue weighted by Gasteiger charge is 2.43. The number of aromatic amines is 2. The molecule has 18 nitrogen and oxygen atoms in total. The summed E-state index contributed by atoms with van der Waals surface area (Å²) in [5, 5.41) is 16.1. The second-order valence-electron chi connectivity index (χ2n) is 18.7. The van der Waals surface area contributed by atoms with Crippen LogP contribution < -0.4 is 20.1 Å². The van der Waals surface area contributed by atoms with Crippen molar-refractivity contribution in [2.45, 2.75) is 83.3 Å². The van der Waals surface area contributed by atoms with Gasteiger partial charge in [-0.1, -0.05) is 39.8 Å². The second-order valence-corrected chi connectivity index (χ2v) is 18.7. The lowest BCUT2D eigenvalue weighted by molar-refractivity contribution is -0.136. The number of rotatable bonds is 12. The molecule has 4 amide bonds. The third-order valence-electron chi connectivity index (χ3n) is 13.5. The lowest BCUT2D eigenvalue weighted by Crippen LogP contribution is -2.51. The normalized spacial score (nSPS) is 20.2. The molecule has 1 unspecified atom stereocenters. The predicted octanol–water partition coefficient (Wildman–Crippen LogP) is 7.89. The van der Waals surface area contributed by atoms with Gasteiger partial charge in [-0.3, -0.25) is 9.59 Å². The molecule has 7 atom stereocenters. The Morgan fingerprint density at radius 2 is 1.31 bits per heavy atom. The van der Waals surface area contributed by atoms with Crippen LogP contribution in [0.2, 0.25) is 0 Å². The number of hydrogen-bond donors (Lipinski definition) is 4. The molecule has 3 aromatic carbocycles. The summed E-state index contributed by atoms with van der Waals surface area (Å²) in [7, 11) is 3.93. The summed E-state index contributed by atoms with van der Waals surface area (Å²) in [6.45, 7) is 6.85. The van der Waals surface area contributed by atoms with Crippen LogP contribution in [0.3, 0.4) is 0 Å². The van der Waals surface area contributed by atoms with Crippen LogP contribution in [0.5, 0.6) is 11.5 Å². The number of carbonyl (C=O) groups excluding carboxylic acids is 4. The summed E-state index contributed by atoms with van der Waals surface area (Å²) in [5.74, 6) is 0.284. The fourth-order valence-electron chi connectivity index (χ4n) is 9.86. The quantitative estimate of drug-likeness (QED) is 0.0923. The zero-order valence-electron chi connectivity index (χ0n) is 40.2. The third kappa shape index (κ3) is 9.07. The number of methoxy groups -OCH3 is 3. The Balaban J connectivity index is 1.05. The largest absolute Gasteiger partial charge is 0.495 e. The maximum atomic E-state index is 15.1. The van der Waals surface area contributed by atoms with Crippen LogP contribution in [0.15, 0.2) is 73.1 Å². The number of nitrogens with zero attached hydrogens (tertiary/aromatic N) is 6. The van der Waals surface area contributed by atoms with E-state index in [0.717, 1.165) is 27.7 Å². The van der Waals surface area contributed by atoms with Crippen LogP contribution in [0.1, 0.15) is 81.6 Å². The average Bonchev–Trinajstić information content (AvgIpc) is 4.23. The van der Waals surface area contributed by atoms with E-state index in [9.17, 15) is 24.4 Å². The fourth-order valence-corrected chi connectivity index (χ4v) is 9.86. The molecule has 370 valence electrons. The van der Waals surface area contributed by atoms with Gasteiger partial charge in [0.2, 0.25) is 18.0 Å². The van der Waals surface area contributed by atoms with Crippen molar-refractivity contribution in [3.63, 3.8) is 0 Å². The van der Waals surface area contributed by atoms with Gasteiger partial charge in [-0.15, -0.1) is 0 Å². The van der Waals surface area contributed by atoms with E-state index in [0.29, 0.717) is 51.2 Å². The van der Waals surface area contributed by atoms with Gasteiger partial charge >= 0.3 is 12.2 Å². The summed E-state index contributed by atoms with van der Waals surface area (Å²) in [5.41, 5.74) is 6.15. The van der Waals surface area contributed by atoms with Gasteiger partial charge in [0.1, 0.15) is 53.6 Å². The van der Waals surface area contributed by atoms with Gasteiger partial charge < -0.3 is 53.9 Å². The number of aromatic nitrogens is 5. The number of carbonyl (C=O) groups is 4. The van der Waals surface area contributed by atoms with Crippen molar-refractivity contribution in [3.8, 4) is 51.3 Å². The highest BCUT2D eigenvalue weighted by atomic mass is 19.1. The maximum Gasteiger partial charge on any atom is 0.407 e. The van der Waals surface area contributed by atoms with Crippen LogP contribution in [0.25, 0.3) is 44.7 Å². The SMILES string of the molecule is COC(=O)N[C@@H](C(=O)N1C[C@H](F)C[C@H]1c1ncc(-c2ccc3c(c2)OC(c2ccc(OC)c(C#N)c2)n2c-3cc3cc(-c4cnc([C@@H]5C[C@@H](F)CN5C(=O)[C@H](NC(=O)OC)C(C)C)[nH]4)ccc32)[nH]1)C(C)C. The molecule has 3 aliphatic rings. The van der Waals surface area contributed by atoms with E-state index >= 15 is 8.78 Å². The molecule has 2 saturated heterocycles. The number of benzene rings is 3. The lowest BCUT2D eigenvalue weighted by atomic mass is 10.0. The Labute approximate surface area is 407 Å². The number of alkyl carbamates (subject to hydrolysis) is 2. The van der Waals surface area contributed by atoms with E-state index in [2.05, 4.69) is 47.3 Å². The standard InChI is InChI=1S/C51H54F2N10O8/c1-25(2)43(59-50(66)69-6)47(64)61-23-32(52)18-39(61)45-55-21-35(57-45)27-9-12-37-30(14-27)16-38-34-11-8-28(17-42(34)71-49(63(37)38)29-10-13-41(68-5)31(15-29)20-54)36-22-56-46(58-36)40-19-33(53)24-62(40)48(65)44(26(3)4)60-51(67)70-7/h8-17,21-22,25-26,32-33,39-40,43-44,49H,18-19,23-24H2,1-7H3,(H,55,57)(H,56,58)(H,59,66)(H,60,67)/t32-,33-,39+,40+,43-,44-,49?/m1/s1. The number of alkyl halides is 2. The number of fused-ring (bicyclic) bond motifs is 5. The minimum Gasteiger partial charge on any atom is -0.495 e. The number of hydrogen-bond acceptors (Lipinski definition) is 11. The Morgan fingerprint density at radius 1 is 0.761 bits per heavy atom. The van der Waals surface area contributed by atoms with E-state index < -0.39 is 66.7 Å². The maximum absolute atomic E-state index is 15.1. The van der Waals surface area contributed by atoms with Crippen LogP contribution in [-0.4, -0.2) is 117 Å². The van der Waals surface area contributed by atoms with Gasteiger partial charge in [-0.2, -0.15) is 5.26 Å². The number of nitriles is 1. The first-order valence-electron chi connectivity index (χ1n) is 23.3. The summed E-state index contributed by atoms with van der Waals surface area (Å²) < 4.78 is 54.1. The predicted molar refractivity (Wildman–Crippen MR) is 255 cm³/mol. The zero-order valence-corrected chi connectivity index (χ0v) is 40.2.